The summed E-state index contributed by atoms with van der Waals surface area (Å²) in [4.78, 5) is 13.5. The highest BCUT2D eigenvalue weighted by atomic mass is 35.5. The van der Waals surface area contributed by atoms with Crippen LogP contribution in [0.25, 0.3) is 0 Å². The number of nitrogens with zero attached hydrogens (tertiary/aromatic N) is 1. The quantitative estimate of drug-likeness (QED) is 0.916. The molecular weight excluding hydrogens is 259 g/mol. The molecule has 94 valence electrons. The van der Waals surface area contributed by atoms with E-state index in [0.717, 1.165) is 5.56 Å². The van der Waals surface area contributed by atoms with Crippen molar-refractivity contribution in [1.29, 1.82) is 0 Å². The molecule has 0 fully saturated rings. The van der Waals surface area contributed by atoms with Crippen molar-refractivity contribution in [2.75, 3.05) is 14.1 Å². The number of benzene rings is 1. The van der Waals surface area contributed by atoms with Gasteiger partial charge in [-0.1, -0.05) is 35.3 Å². The summed E-state index contributed by atoms with van der Waals surface area (Å²) < 4.78 is 0. The highest BCUT2D eigenvalue weighted by Crippen LogP contribution is 2.26. The monoisotopic (exact) mass is 274 g/mol. The molecule has 0 spiro atoms. The summed E-state index contributed by atoms with van der Waals surface area (Å²) in [5, 5.41) is 3.92. The fourth-order valence-corrected chi connectivity index (χ4v) is 1.84. The van der Waals surface area contributed by atoms with Gasteiger partial charge in [0, 0.05) is 13.6 Å². The molecule has 1 rings (SSSR count). The van der Waals surface area contributed by atoms with Crippen LogP contribution in [-0.2, 0) is 11.3 Å². The molecular formula is C12H16Cl2N2O. The molecule has 0 aliphatic heterocycles. The Morgan fingerprint density at radius 3 is 2.71 bits per heavy atom. The van der Waals surface area contributed by atoms with E-state index in [1.54, 1.807) is 25.1 Å². The van der Waals surface area contributed by atoms with Gasteiger partial charge >= 0.3 is 0 Å². The van der Waals surface area contributed by atoms with Gasteiger partial charge in [0.25, 0.3) is 0 Å². The maximum absolute atomic E-state index is 11.9. The summed E-state index contributed by atoms with van der Waals surface area (Å²) in [6.07, 6.45) is 0. The van der Waals surface area contributed by atoms with E-state index in [9.17, 15) is 4.79 Å². The third-order valence-electron chi connectivity index (χ3n) is 2.62. The number of hydrogen-bond acceptors (Lipinski definition) is 2. The number of hydrogen-bond donors (Lipinski definition) is 1. The van der Waals surface area contributed by atoms with Gasteiger partial charge in [0.05, 0.1) is 16.1 Å². The normalized spacial score (nSPS) is 12.3. The smallest absolute Gasteiger partial charge is 0.239 e. The summed E-state index contributed by atoms with van der Waals surface area (Å²) in [5.41, 5.74) is 0.846. The number of nitrogens with one attached hydrogen (secondary N) is 1. The number of likely N-dealkylation sites (N-methyl/N-ethyl adjacent to an activating group) is 2. The lowest BCUT2D eigenvalue weighted by atomic mass is 10.2. The second-order valence-electron chi connectivity index (χ2n) is 3.92. The van der Waals surface area contributed by atoms with E-state index in [1.807, 2.05) is 19.1 Å². The zero-order valence-corrected chi connectivity index (χ0v) is 11.6. The summed E-state index contributed by atoms with van der Waals surface area (Å²) in [6.45, 7) is 2.27. The summed E-state index contributed by atoms with van der Waals surface area (Å²) in [6, 6.07) is 5.20. The van der Waals surface area contributed by atoms with E-state index in [4.69, 9.17) is 23.2 Å². The lowest BCUT2D eigenvalue weighted by Crippen LogP contribution is -2.41. The average molecular weight is 275 g/mol. The number of carbonyl (C=O) groups excluding carboxylic acids is 1. The fraction of sp³-hybridized carbons (Fsp3) is 0.417. The Kier molecular flexibility index (Phi) is 5.25. The maximum Gasteiger partial charge on any atom is 0.239 e. The third kappa shape index (κ3) is 3.60. The predicted octanol–water partition coefficient (Wildman–Crippen LogP) is 2.56. The summed E-state index contributed by atoms with van der Waals surface area (Å²) in [5.74, 6) is 0.0172. The van der Waals surface area contributed by atoms with Crippen molar-refractivity contribution < 1.29 is 4.79 Å². The number of carbonyl (C=O) groups is 1. The first-order valence-corrected chi connectivity index (χ1v) is 6.08. The summed E-state index contributed by atoms with van der Waals surface area (Å²) in [7, 11) is 3.50. The van der Waals surface area contributed by atoms with Crippen LogP contribution in [0.15, 0.2) is 18.2 Å². The molecule has 5 heteroatoms. The molecule has 0 aliphatic carbocycles. The Labute approximate surface area is 112 Å². The maximum atomic E-state index is 11.9. The molecule has 0 aromatic heterocycles. The minimum atomic E-state index is -0.210. The lowest BCUT2D eigenvalue weighted by Gasteiger charge is -2.21. The van der Waals surface area contributed by atoms with Crippen LogP contribution in [0.2, 0.25) is 10.0 Å². The topological polar surface area (TPSA) is 32.3 Å². The number of rotatable bonds is 4. The fourth-order valence-electron chi connectivity index (χ4n) is 1.46. The van der Waals surface area contributed by atoms with Gasteiger partial charge < -0.3 is 10.2 Å². The Morgan fingerprint density at radius 2 is 2.12 bits per heavy atom. The van der Waals surface area contributed by atoms with E-state index >= 15 is 0 Å². The molecule has 1 amide bonds. The van der Waals surface area contributed by atoms with E-state index in [1.165, 1.54) is 0 Å². The van der Waals surface area contributed by atoms with Crippen molar-refractivity contribution in [3.05, 3.63) is 33.8 Å². The highest BCUT2D eigenvalue weighted by molar-refractivity contribution is 6.42. The van der Waals surface area contributed by atoms with Crippen molar-refractivity contribution in [3.8, 4) is 0 Å². The SMILES string of the molecule is CNC(C)C(=O)N(C)Cc1cccc(Cl)c1Cl. The van der Waals surface area contributed by atoms with Crippen molar-refractivity contribution in [1.82, 2.24) is 10.2 Å². The zero-order chi connectivity index (χ0) is 13.0. The first-order valence-electron chi connectivity index (χ1n) is 5.32. The van der Waals surface area contributed by atoms with E-state index in [-0.39, 0.29) is 11.9 Å². The van der Waals surface area contributed by atoms with Crippen LogP contribution in [-0.4, -0.2) is 30.9 Å². The molecule has 1 aromatic rings. The Hall–Kier alpha value is -0.770. The van der Waals surface area contributed by atoms with E-state index in [0.29, 0.717) is 16.6 Å². The summed E-state index contributed by atoms with van der Waals surface area (Å²) >= 11 is 12.0. The van der Waals surface area contributed by atoms with Gasteiger partial charge in [-0.05, 0) is 25.6 Å². The zero-order valence-electron chi connectivity index (χ0n) is 10.1. The van der Waals surface area contributed by atoms with Crippen LogP contribution in [0.1, 0.15) is 12.5 Å². The van der Waals surface area contributed by atoms with Gasteiger partial charge in [-0.3, -0.25) is 4.79 Å². The Balaban J connectivity index is 2.78. The minimum absolute atomic E-state index is 0.0172. The first kappa shape index (κ1) is 14.3. The Bertz CT molecular complexity index is 409. The third-order valence-corrected chi connectivity index (χ3v) is 3.48. The molecule has 17 heavy (non-hydrogen) atoms. The molecule has 0 aliphatic rings. The van der Waals surface area contributed by atoms with Crippen LogP contribution >= 0.6 is 23.2 Å². The second kappa shape index (κ2) is 6.24. The van der Waals surface area contributed by atoms with Crippen LogP contribution in [0.3, 0.4) is 0 Å². The molecule has 0 saturated heterocycles. The standard InChI is InChI=1S/C12H16Cl2N2O/c1-8(15-2)12(17)16(3)7-9-5-4-6-10(13)11(9)14/h4-6,8,15H,7H2,1-3H3. The highest BCUT2D eigenvalue weighted by Gasteiger charge is 2.16. The van der Waals surface area contributed by atoms with Crippen molar-refractivity contribution in [2.24, 2.45) is 0 Å². The van der Waals surface area contributed by atoms with Crippen molar-refractivity contribution in [3.63, 3.8) is 0 Å². The van der Waals surface area contributed by atoms with E-state index in [2.05, 4.69) is 5.32 Å². The van der Waals surface area contributed by atoms with Gasteiger partial charge in [0.2, 0.25) is 5.91 Å². The molecule has 0 bridgehead atoms. The van der Waals surface area contributed by atoms with Crippen LogP contribution in [0.4, 0.5) is 0 Å². The van der Waals surface area contributed by atoms with Gasteiger partial charge in [0.15, 0.2) is 0 Å². The number of halogens is 2. The lowest BCUT2D eigenvalue weighted by molar-refractivity contribution is -0.132. The van der Waals surface area contributed by atoms with Gasteiger partial charge in [-0.15, -0.1) is 0 Å². The van der Waals surface area contributed by atoms with Crippen molar-refractivity contribution >= 4 is 29.1 Å². The van der Waals surface area contributed by atoms with Crippen LogP contribution in [0.5, 0.6) is 0 Å². The van der Waals surface area contributed by atoms with Gasteiger partial charge in [0.1, 0.15) is 0 Å². The molecule has 3 nitrogen and oxygen atoms in total. The first-order chi connectivity index (χ1) is 7.97. The Morgan fingerprint density at radius 1 is 1.47 bits per heavy atom. The second-order valence-corrected chi connectivity index (χ2v) is 4.70. The average Bonchev–Trinajstić information content (AvgIpc) is 2.32. The molecule has 0 radical (unpaired) electrons. The molecule has 1 N–H and O–H groups in total. The van der Waals surface area contributed by atoms with E-state index < -0.39 is 0 Å². The van der Waals surface area contributed by atoms with Gasteiger partial charge in [-0.25, -0.2) is 0 Å². The minimum Gasteiger partial charge on any atom is -0.340 e. The largest absolute Gasteiger partial charge is 0.340 e. The van der Waals surface area contributed by atoms with Crippen molar-refractivity contribution in [2.45, 2.75) is 19.5 Å². The molecule has 1 aromatic carbocycles. The molecule has 1 unspecified atom stereocenters. The molecule has 0 saturated carbocycles. The van der Waals surface area contributed by atoms with Gasteiger partial charge in [-0.2, -0.15) is 0 Å². The molecule has 0 heterocycles. The molecule has 1 atom stereocenters. The van der Waals surface area contributed by atoms with Crippen LogP contribution in [0, 0.1) is 0 Å². The van der Waals surface area contributed by atoms with Crippen LogP contribution < -0.4 is 5.32 Å². The predicted molar refractivity (Wildman–Crippen MR) is 71.5 cm³/mol. The number of amides is 1.